The number of Topliss-reactive ketones (excluding diaryl/α,β-unsaturated/α-hetero) is 1. The maximum Gasteiger partial charge on any atom is 0.249 e. The molecule has 4 rings (SSSR count). The standard InChI is InChI=1S/C29H36N4O3S2/c1-5-6-8-11-19-14-21(34)24(18(2)3)32-28(36)29(4)17-37-27(33-29)25-26(20-12-9-7-10-13-20)38-23(31-25)16-30-22(35)15-19/h7-13,18-19,24H,5-6,14-17H2,1-4H3,(H,30,35)(H,32,36)/b11-8+/t19-,24-,29-/m0/s1. The van der Waals surface area contributed by atoms with Crippen LogP contribution in [0.4, 0.5) is 0 Å². The Morgan fingerprint density at radius 3 is 2.63 bits per heavy atom. The third kappa shape index (κ3) is 6.61. The van der Waals surface area contributed by atoms with Gasteiger partial charge in [-0.1, -0.05) is 69.7 Å². The van der Waals surface area contributed by atoms with Crippen molar-refractivity contribution in [1.82, 2.24) is 15.6 Å². The summed E-state index contributed by atoms with van der Waals surface area (Å²) in [4.78, 5) is 50.6. The number of thiazole rings is 1. The summed E-state index contributed by atoms with van der Waals surface area (Å²) in [6.07, 6.45) is 6.29. The second-order valence-electron chi connectivity index (χ2n) is 10.5. The molecule has 1 aromatic carbocycles. The average molecular weight is 553 g/mol. The molecule has 0 spiro atoms. The van der Waals surface area contributed by atoms with Crippen molar-refractivity contribution in [3.8, 4) is 10.4 Å². The number of ketones is 1. The van der Waals surface area contributed by atoms with Gasteiger partial charge in [-0.15, -0.1) is 23.1 Å². The van der Waals surface area contributed by atoms with Crippen LogP contribution in [0, 0.1) is 11.8 Å². The number of fused-ring (bicyclic) bond motifs is 4. The Balaban J connectivity index is 1.74. The van der Waals surface area contributed by atoms with E-state index in [0.29, 0.717) is 17.3 Å². The molecule has 4 bridgehead atoms. The molecule has 38 heavy (non-hydrogen) atoms. The predicted molar refractivity (Wildman–Crippen MR) is 155 cm³/mol. The second-order valence-corrected chi connectivity index (χ2v) is 12.5. The van der Waals surface area contributed by atoms with E-state index in [-0.39, 0.29) is 42.3 Å². The summed E-state index contributed by atoms with van der Waals surface area (Å²) in [7, 11) is 0. The summed E-state index contributed by atoms with van der Waals surface area (Å²) in [5, 5.41) is 7.50. The molecule has 0 unspecified atom stereocenters. The smallest absolute Gasteiger partial charge is 0.249 e. The lowest BCUT2D eigenvalue weighted by Crippen LogP contribution is -2.52. The molecule has 9 heteroatoms. The van der Waals surface area contributed by atoms with Gasteiger partial charge < -0.3 is 10.6 Å². The van der Waals surface area contributed by atoms with Gasteiger partial charge in [0.25, 0.3) is 0 Å². The Morgan fingerprint density at radius 2 is 1.92 bits per heavy atom. The molecule has 0 fully saturated rings. The first-order valence-corrected chi connectivity index (χ1v) is 15.1. The van der Waals surface area contributed by atoms with Crippen molar-refractivity contribution in [3.63, 3.8) is 0 Å². The zero-order valence-corrected chi connectivity index (χ0v) is 24.1. The first-order valence-electron chi connectivity index (χ1n) is 13.3. The molecule has 0 saturated heterocycles. The van der Waals surface area contributed by atoms with Gasteiger partial charge in [-0.3, -0.25) is 19.4 Å². The van der Waals surface area contributed by atoms with Crippen molar-refractivity contribution in [2.75, 3.05) is 5.75 Å². The van der Waals surface area contributed by atoms with Gasteiger partial charge in [-0.05, 0) is 30.7 Å². The van der Waals surface area contributed by atoms with E-state index >= 15 is 0 Å². The number of hydrogen-bond acceptors (Lipinski definition) is 7. The van der Waals surface area contributed by atoms with Crippen LogP contribution in [0.25, 0.3) is 10.4 Å². The first-order chi connectivity index (χ1) is 18.2. The minimum absolute atomic E-state index is 0.0630. The third-order valence-electron chi connectivity index (χ3n) is 6.75. The number of benzene rings is 1. The van der Waals surface area contributed by atoms with Crippen LogP contribution < -0.4 is 10.6 Å². The summed E-state index contributed by atoms with van der Waals surface area (Å²) in [6.45, 7) is 8.07. The zero-order chi connectivity index (χ0) is 27.3. The van der Waals surface area contributed by atoms with Crippen LogP contribution in [-0.2, 0) is 20.9 Å². The Kier molecular flexibility index (Phi) is 9.20. The van der Waals surface area contributed by atoms with E-state index in [1.54, 1.807) is 0 Å². The van der Waals surface area contributed by atoms with Crippen molar-refractivity contribution >= 4 is 45.7 Å². The van der Waals surface area contributed by atoms with Crippen molar-refractivity contribution < 1.29 is 14.4 Å². The molecule has 2 aliphatic rings. The molecule has 7 nitrogen and oxygen atoms in total. The van der Waals surface area contributed by atoms with Gasteiger partial charge in [0.15, 0.2) is 5.78 Å². The van der Waals surface area contributed by atoms with E-state index in [1.807, 2.05) is 63.3 Å². The summed E-state index contributed by atoms with van der Waals surface area (Å²) < 4.78 is 0. The molecule has 0 aliphatic carbocycles. The molecule has 3 atom stereocenters. The fraction of sp³-hybridized carbons (Fsp3) is 0.483. The molecule has 2 aromatic rings. The lowest BCUT2D eigenvalue weighted by Gasteiger charge is -2.27. The van der Waals surface area contributed by atoms with Crippen molar-refractivity contribution in [2.45, 2.75) is 71.5 Å². The Labute approximate surface area is 233 Å². The number of unbranched alkanes of at least 4 members (excludes halogenated alkanes) is 1. The third-order valence-corrected chi connectivity index (χ3v) is 9.12. The molecular weight excluding hydrogens is 516 g/mol. The van der Waals surface area contributed by atoms with Crippen LogP contribution in [-0.4, -0.2) is 45.0 Å². The number of carbonyl (C=O) groups excluding carboxylic acids is 3. The van der Waals surface area contributed by atoms with Crippen LogP contribution in [0.15, 0.2) is 47.5 Å². The van der Waals surface area contributed by atoms with Crippen LogP contribution in [0.2, 0.25) is 0 Å². The number of rotatable bonds is 5. The number of allylic oxidation sites excluding steroid dienone is 2. The largest absolute Gasteiger partial charge is 0.350 e. The van der Waals surface area contributed by atoms with Gasteiger partial charge in [-0.25, -0.2) is 4.98 Å². The quantitative estimate of drug-likeness (QED) is 0.500. The summed E-state index contributed by atoms with van der Waals surface area (Å²) in [5.41, 5.74) is 0.746. The van der Waals surface area contributed by atoms with E-state index in [4.69, 9.17) is 9.98 Å². The molecule has 3 heterocycles. The first kappa shape index (κ1) is 28.2. The zero-order valence-electron chi connectivity index (χ0n) is 22.5. The number of thioether (sulfide) groups is 1. The van der Waals surface area contributed by atoms with Crippen molar-refractivity contribution in [3.05, 3.63) is 53.2 Å². The minimum atomic E-state index is -1.00. The highest BCUT2D eigenvalue weighted by molar-refractivity contribution is 8.14. The molecule has 2 amide bonds. The lowest BCUT2D eigenvalue weighted by molar-refractivity contribution is -0.131. The highest BCUT2D eigenvalue weighted by atomic mass is 32.2. The van der Waals surface area contributed by atoms with Gasteiger partial charge in [0, 0.05) is 18.6 Å². The molecular formula is C29H36N4O3S2. The number of carbonyl (C=O) groups is 3. The topological polar surface area (TPSA) is 101 Å². The van der Waals surface area contributed by atoms with Gasteiger partial charge in [0.05, 0.1) is 17.5 Å². The van der Waals surface area contributed by atoms with E-state index < -0.39 is 11.6 Å². The van der Waals surface area contributed by atoms with Crippen LogP contribution in [0.5, 0.6) is 0 Å². The van der Waals surface area contributed by atoms with E-state index in [0.717, 1.165) is 34.0 Å². The van der Waals surface area contributed by atoms with E-state index in [2.05, 4.69) is 17.6 Å². The van der Waals surface area contributed by atoms with Crippen LogP contribution in [0.1, 0.15) is 64.1 Å². The fourth-order valence-corrected chi connectivity index (χ4v) is 6.79. The molecule has 202 valence electrons. The molecule has 2 N–H and O–H groups in total. The Hall–Kier alpha value is -2.78. The highest BCUT2D eigenvalue weighted by Gasteiger charge is 2.42. The monoisotopic (exact) mass is 552 g/mol. The van der Waals surface area contributed by atoms with Gasteiger partial charge in [0.1, 0.15) is 21.3 Å². The summed E-state index contributed by atoms with van der Waals surface area (Å²) >= 11 is 3.03. The second kappa shape index (κ2) is 12.4. The number of hydrogen-bond donors (Lipinski definition) is 2. The molecule has 2 aliphatic heterocycles. The predicted octanol–water partition coefficient (Wildman–Crippen LogP) is 5.15. The number of nitrogens with one attached hydrogen (secondary N) is 2. The highest BCUT2D eigenvalue weighted by Crippen LogP contribution is 2.38. The van der Waals surface area contributed by atoms with Crippen molar-refractivity contribution in [1.29, 1.82) is 0 Å². The van der Waals surface area contributed by atoms with Gasteiger partial charge in [0.2, 0.25) is 11.8 Å². The van der Waals surface area contributed by atoms with E-state index in [1.165, 1.54) is 23.1 Å². The van der Waals surface area contributed by atoms with Gasteiger partial charge in [-0.2, -0.15) is 0 Å². The molecule has 1 aromatic heterocycles. The molecule has 0 radical (unpaired) electrons. The SMILES string of the molecule is CCC/C=C/[C@@H]1CC(=O)NCc2nc(c(-c3ccccc3)s2)C2=N[C@@](C)(CS2)C(=O)N[C@@H](C(C)C)C(=O)C1. The van der Waals surface area contributed by atoms with Crippen LogP contribution >= 0.6 is 23.1 Å². The summed E-state index contributed by atoms with van der Waals surface area (Å²) in [6, 6.07) is 9.33. The van der Waals surface area contributed by atoms with Gasteiger partial charge >= 0.3 is 0 Å². The minimum Gasteiger partial charge on any atom is -0.350 e. The molecule has 0 saturated carbocycles. The maximum absolute atomic E-state index is 13.5. The lowest BCUT2D eigenvalue weighted by atomic mass is 9.89. The number of amides is 2. The normalized spacial score (nSPS) is 25.0. The Bertz CT molecular complexity index is 1240. The fourth-order valence-electron chi connectivity index (χ4n) is 4.55. The summed E-state index contributed by atoms with van der Waals surface area (Å²) in [5.74, 6) is -0.314. The number of nitrogens with zero attached hydrogens (tertiary/aromatic N) is 2. The average Bonchev–Trinajstić information content (AvgIpc) is 3.50. The number of aliphatic imine (C=N–C) groups is 1. The van der Waals surface area contributed by atoms with Crippen LogP contribution in [0.3, 0.4) is 0 Å². The van der Waals surface area contributed by atoms with E-state index in [9.17, 15) is 14.4 Å². The maximum atomic E-state index is 13.5. The Morgan fingerprint density at radius 1 is 1.16 bits per heavy atom. The number of aromatic nitrogens is 1. The van der Waals surface area contributed by atoms with Crippen molar-refractivity contribution in [2.24, 2.45) is 16.8 Å².